The Kier molecular flexibility index (Phi) is 4.10. The van der Waals surface area contributed by atoms with Crippen LogP contribution in [0.3, 0.4) is 0 Å². The molecule has 1 atom stereocenters. The lowest BCUT2D eigenvalue weighted by molar-refractivity contribution is -0.139. The Balaban J connectivity index is 1.69. The second-order valence-electron chi connectivity index (χ2n) is 5.67. The van der Waals surface area contributed by atoms with Gasteiger partial charge < -0.3 is 10.4 Å². The SMILES string of the molecule is O=C(NC(CC1CC1)C(=O)O)c1ccn(-c2ccc(F)cc2)n1. The summed E-state index contributed by atoms with van der Waals surface area (Å²) in [7, 11) is 0. The number of amides is 1. The van der Waals surface area contributed by atoms with Crippen molar-refractivity contribution in [3.05, 3.63) is 48.0 Å². The summed E-state index contributed by atoms with van der Waals surface area (Å²) in [6, 6.07) is 6.27. The van der Waals surface area contributed by atoms with Crippen molar-refractivity contribution in [1.82, 2.24) is 15.1 Å². The Morgan fingerprint density at radius 2 is 2.00 bits per heavy atom. The number of carboxylic acid groups (broad SMARTS) is 1. The third-order valence-electron chi connectivity index (χ3n) is 3.78. The zero-order chi connectivity index (χ0) is 16.4. The van der Waals surface area contributed by atoms with E-state index in [4.69, 9.17) is 0 Å². The molecule has 0 saturated heterocycles. The highest BCUT2D eigenvalue weighted by molar-refractivity contribution is 5.94. The van der Waals surface area contributed by atoms with Crippen LogP contribution in [0.4, 0.5) is 4.39 Å². The van der Waals surface area contributed by atoms with Crippen LogP contribution in [0.25, 0.3) is 5.69 Å². The van der Waals surface area contributed by atoms with E-state index in [1.54, 1.807) is 6.20 Å². The molecule has 23 heavy (non-hydrogen) atoms. The van der Waals surface area contributed by atoms with Gasteiger partial charge in [0, 0.05) is 6.20 Å². The standard InChI is InChI=1S/C16H16FN3O3/c17-11-3-5-12(6-4-11)20-8-7-13(19-20)15(21)18-14(16(22)23)9-10-1-2-10/h3-8,10,14H,1-2,9H2,(H,18,21)(H,22,23). The number of benzene rings is 1. The van der Waals surface area contributed by atoms with Crippen molar-refractivity contribution in [2.75, 3.05) is 0 Å². The van der Waals surface area contributed by atoms with Gasteiger partial charge >= 0.3 is 5.97 Å². The zero-order valence-electron chi connectivity index (χ0n) is 12.3. The highest BCUT2D eigenvalue weighted by Crippen LogP contribution is 2.33. The number of rotatable bonds is 6. The van der Waals surface area contributed by atoms with Gasteiger partial charge in [-0.1, -0.05) is 12.8 Å². The number of carboxylic acids is 1. The third kappa shape index (κ3) is 3.74. The topological polar surface area (TPSA) is 84.2 Å². The summed E-state index contributed by atoms with van der Waals surface area (Å²) in [5.41, 5.74) is 0.731. The van der Waals surface area contributed by atoms with Crippen LogP contribution in [-0.4, -0.2) is 32.8 Å². The van der Waals surface area contributed by atoms with Gasteiger partial charge in [0.05, 0.1) is 5.69 Å². The Labute approximate surface area is 131 Å². The lowest BCUT2D eigenvalue weighted by Crippen LogP contribution is -2.41. The molecule has 0 radical (unpaired) electrons. The van der Waals surface area contributed by atoms with Crippen molar-refractivity contribution in [1.29, 1.82) is 0 Å². The summed E-state index contributed by atoms with van der Waals surface area (Å²) in [4.78, 5) is 23.4. The average molecular weight is 317 g/mol. The molecular weight excluding hydrogens is 301 g/mol. The van der Waals surface area contributed by atoms with Crippen LogP contribution in [0, 0.1) is 11.7 Å². The lowest BCUT2D eigenvalue weighted by atomic mass is 10.1. The van der Waals surface area contributed by atoms with Gasteiger partial charge in [0.2, 0.25) is 0 Å². The van der Waals surface area contributed by atoms with Gasteiger partial charge in [-0.2, -0.15) is 5.10 Å². The molecule has 1 heterocycles. The maximum atomic E-state index is 12.9. The molecular formula is C16H16FN3O3. The van der Waals surface area contributed by atoms with E-state index < -0.39 is 17.9 Å². The van der Waals surface area contributed by atoms with E-state index in [2.05, 4.69) is 10.4 Å². The second kappa shape index (κ2) is 6.20. The highest BCUT2D eigenvalue weighted by Gasteiger charge is 2.30. The van der Waals surface area contributed by atoms with Crippen molar-refractivity contribution in [3.8, 4) is 5.69 Å². The molecule has 7 heteroatoms. The van der Waals surface area contributed by atoms with Crippen molar-refractivity contribution in [2.24, 2.45) is 5.92 Å². The Morgan fingerprint density at radius 1 is 1.30 bits per heavy atom. The number of hydrogen-bond acceptors (Lipinski definition) is 3. The first-order chi connectivity index (χ1) is 11.0. The van der Waals surface area contributed by atoms with Crippen molar-refractivity contribution in [3.63, 3.8) is 0 Å². The Bertz CT molecular complexity index is 722. The second-order valence-corrected chi connectivity index (χ2v) is 5.67. The smallest absolute Gasteiger partial charge is 0.326 e. The van der Waals surface area contributed by atoms with Crippen LogP contribution in [-0.2, 0) is 4.79 Å². The Hall–Kier alpha value is -2.70. The summed E-state index contributed by atoms with van der Waals surface area (Å²) in [5.74, 6) is -1.54. The number of halogens is 1. The molecule has 0 bridgehead atoms. The minimum atomic E-state index is -1.04. The van der Waals surface area contributed by atoms with Crippen LogP contribution in [0.5, 0.6) is 0 Å². The molecule has 0 aliphatic heterocycles. The molecule has 1 aromatic heterocycles. The molecule has 6 nitrogen and oxygen atoms in total. The third-order valence-corrected chi connectivity index (χ3v) is 3.78. The summed E-state index contributed by atoms with van der Waals surface area (Å²) in [6.45, 7) is 0. The van der Waals surface area contributed by atoms with E-state index in [0.717, 1.165) is 12.8 Å². The molecule has 1 unspecified atom stereocenters. The maximum Gasteiger partial charge on any atom is 0.326 e. The zero-order valence-corrected chi connectivity index (χ0v) is 12.3. The van der Waals surface area contributed by atoms with E-state index in [9.17, 15) is 19.1 Å². The number of carbonyl (C=O) groups is 2. The summed E-state index contributed by atoms with van der Waals surface area (Å²) in [6.07, 6.45) is 4.04. The van der Waals surface area contributed by atoms with Gasteiger partial charge in [0.15, 0.2) is 5.69 Å². The van der Waals surface area contributed by atoms with Crippen molar-refractivity contribution < 1.29 is 19.1 Å². The fraction of sp³-hybridized carbons (Fsp3) is 0.312. The molecule has 1 aromatic carbocycles. The predicted octanol–water partition coefficient (Wildman–Crippen LogP) is 1.99. The predicted molar refractivity (Wildman–Crippen MR) is 79.8 cm³/mol. The fourth-order valence-corrected chi connectivity index (χ4v) is 2.32. The molecule has 0 spiro atoms. The number of carbonyl (C=O) groups excluding carboxylic acids is 1. The molecule has 1 aliphatic rings. The molecule has 1 saturated carbocycles. The lowest BCUT2D eigenvalue weighted by Gasteiger charge is -2.12. The summed E-state index contributed by atoms with van der Waals surface area (Å²) >= 11 is 0. The first kappa shape index (κ1) is 15.2. The minimum absolute atomic E-state index is 0.122. The molecule has 3 rings (SSSR count). The first-order valence-corrected chi connectivity index (χ1v) is 7.38. The summed E-state index contributed by atoms with van der Waals surface area (Å²) < 4.78 is 14.4. The van der Waals surface area contributed by atoms with E-state index in [-0.39, 0.29) is 11.5 Å². The number of aliphatic carboxylic acids is 1. The number of nitrogens with zero attached hydrogens (tertiary/aromatic N) is 2. The Morgan fingerprint density at radius 3 is 2.61 bits per heavy atom. The van der Waals surface area contributed by atoms with Gasteiger partial charge in [-0.3, -0.25) is 4.79 Å². The number of hydrogen-bond donors (Lipinski definition) is 2. The highest BCUT2D eigenvalue weighted by atomic mass is 19.1. The largest absolute Gasteiger partial charge is 0.480 e. The van der Waals surface area contributed by atoms with Gasteiger partial charge in [-0.05, 0) is 42.7 Å². The van der Waals surface area contributed by atoms with Gasteiger partial charge in [0.1, 0.15) is 11.9 Å². The minimum Gasteiger partial charge on any atom is -0.480 e. The van der Waals surface area contributed by atoms with E-state index in [0.29, 0.717) is 18.0 Å². The van der Waals surface area contributed by atoms with E-state index in [1.165, 1.54) is 35.0 Å². The van der Waals surface area contributed by atoms with Crippen LogP contribution in [0.15, 0.2) is 36.5 Å². The average Bonchev–Trinajstić information content (AvgIpc) is 3.20. The van der Waals surface area contributed by atoms with Crippen LogP contribution < -0.4 is 5.32 Å². The van der Waals surface area contributed by atoms with E-state index >= 15 is 0 Å². The number of nitrogens with one attached hydrogen (secondary N) is 1. The maximum absolute atomic E-state index is 12.9. The number of aromatic nitrogens is 2. The van der Waals surface area contributed by atoms with Crippen LogP contribution >= 0.6 is 0 Å². The molecule has 2 N–H and O–H groups in total. The van der Waals surface area contributed by atoms with Crippen LogP contribution in [0.2, 0.25) is 0 Å². The fourth-order valence-electron chi connectivity index (χ4n) is 2.32. The monoisotopic (exact) mass is 317 g/mol. The van der Waals surface area contributed by atoms with Crippen molar-refractivity contribution >= 4 is 11.9 Å². The van der Waals surface area contributed by atoms with Gasteiger partial charge in [0.25, 0.3) is 5.91 Å². The first-order valence-electron chi connectivity index (χ1n) is 7.38. The normalized spacial score (nSPS) is 15.2. The molecule has 120 valence electrons. The van der Waals surface area contributed by atoms with Crippen molar-refractivity contribution in [2.45, 2.75) is 25.3 Å². The molecule has 1 amide bonds. The van der Waals surface area contributed by atoms with Crippen LogP contribution in [0.1, 0.15) is 29.8 Å². The molecule has 1 aliphatic carbocycles. The molecule has 1 fully saturated rings. The van der Waals surface area contributed by atoms with Gasteiger partial charge in [-0.15, -0.1) is 0 Å². The van der Waals surface area contributed by atoms with Gasteiger partial charge in [-0.25, -0.2) is 13.9 Å². The molecule has 2 aromatic rings. The summed E-state index contributed by atoms with van der Waals surface area (Å²) in [5, 5.41) is 15.8. The quantitative estimate of drug-likeness (QED) is 0.853. The van der Waals surface area contributed by atoms with E-state index in [1.807, 2.05) is 0 Å².